The van der Waals surface area contributed by atoms with E-state index >= 15 is 0 Å². The first kappa shape index (κ1) is 31.7. The number of alkyl halides is 3. The number of nitrogens with one attached hydrogen (secondary N) is 1. The molecule has 0 bridgehead atoms. The Kier molecular flexibility index (Phi) is 9.20. The van der Waals surface area contributed by atoms with Gasteiger partial charge in [0.2, 0.25) is 5.95 Å². The summed E-state index contributed by atoms with van der Waals surface area (Å²) in [6, 6.07) is 14.9. The van der Waals surface area contributed by atoms with Gasteiger partial charge in [-0.2, -0.15) is 13.2 Å². The van der Waals surface area contributed by atoms with Crippen LogP contribution in [-0.2, 0) is 9.53 Å². The molecule has 1 unspecified atom stereocenters. The Morgan fingerprint density at radius 2 is 1.62 bits per heavy atom. The number of carbonyl (C=O) groups excluding carboxylic acids is 1. The van der Waals surface area contributed by atoms with Gasteiger partial charge in [-0.3, -0.25) is 4.90 Å². The largest absolute Gasteiger partial charge is 0.496 e. The number of benzene rings is 2. The number of halogens is 3. The van der Waals surface area contributed by atoms with Crippen molar-refractivity contribution in [3.63, 3.8) is 0 Å². The molecule has 2 atom stereocenters. The first-order valence-corrected chi connectivity index (χ1v) is 14.0. The Balaban J connectivity index is 1.32. The van der Waals surface area contributed by atoms with Crippen molar-refractivity contribution in [3.05, 3.63) is 54.7 Å². The molecule has 0 amide bonds. The monoisotopic (exact) mass is 630 g/mol. The minimum absolute atomic E-state index is 0.257. The highest BCUT2D eigenvalue weighted by Crippen LogP contribution is 2.39. The third kappa shape index (κ3) is 6.68. The smallest absolute Gasteiger partial charge is 0.490 e. The van der Waals surface area contributed by atoms with E-state index in [0.717, 1.165) is 22.5 Å². The fraction of sp³-hybridized carbons (Fsp3) is 0.367. The molecular formula is C30H33F3N6O6. The highest BCUT2D eigenvalue weighted by atomic mass is 19.4. The summed E-state index contributed by atoms with van der Waals surface area (Å²) in [4.78, 5) is 19.4. The predicted molar refractivity (Wildman–Crippen MR) is 159 cm³/mol. The summed E-state index contributed by atoms with van der Waals surface area (Å²) in [5, 5.41) is 17.9. The predicted octanol–water partition coefficient (Wildman–Crippen LogP) is 4.10. The van der Waals surface area contributed by atoms with Crippen molar-refractivity contribution in [2.45, 2.75) is 25.4 Å². The molecule has 0 saturated carbocycles. The number of nitrogens with zero attached hydrogens (tertiary/aromatic N) is 5. The lowest BCUT2D eigenvalue weighted by molar-refractivity contribution is -0.220. The van der Waals surface area contributed by atoms with Crippen molar-refractivity contribution in [1.29, 1.82) is 0 Å². The van der Waals surface area contributed by atoms with E-state index in [0.29, 0.717) is 42.0 Å². The van der Waals surface area contributed by atoms with Gasteiger partial charge >= 0.3 is 12.1 Å². The van der Waals surface area contributed by atoms with Crippen molar-refractivity contribution in [2.24, 2.45) is 0 Å². The molecule has 2 aromatic heterocycles. The molecule has 1 fully saturated rings. The molecule has 1 aliphatic heterocycles. The van der Waals surface area contributed by atoms with Gasteiger partial charge in [0.1, 0.15) is 23.4 Å². The fourth-order valence-corrected chi connectivity index (χ4v) is 5.24. The molecule has 0 radical (unpaired) electrons. The molecule has 0 spiro atoms. The molecular weight excluding hydrogens is 597 g/mol. The lowest BCUT2D eigenvalue weighted by Gasteiger charge is -2.40. The fourth-order valence-electron chi connectivity index (χ4n) is 5.24. The molecule has 240 valence electrons. The molecule has 2 aromatic carbocycles. The molecule has 1 saturated heterocycles. The van der Waals surface area contributed by atoms with E-state index in [9.17, 15) is 23.1 Å². The number of methoxy groups -OCH3 is 3. The summed E-state index contributed by atoms with van der Waals surface area (Å²) in [7, 11) is 4.72. The van der Waals surface area contributed by atoms with E-state index in [2.05, 4.69) is 15.0 Å². The van der Waals surface area contributed by atoms with E-state index in [1.54, 1.807) is 24.9 Å². The van der Waals surface area contributed by atoms with Gasteiger partial charge in [0.25, 0.3) is 0 Å². The number of aliphatic hydroxyl groups excluding tert-OH is 1. The molecule has 3 heterocycles. The third-order valence-corrected chi connectivity index (χ3v) is 7.43. The van der Waals surface area contributed by atoms with Gasteiger partial charge in [-0.1, -0.05) is 6.07 Å². The van der Waals surface area contributed by atoms with Crippen molar-refractivity contribution < 1.29 is 42.0 Å². The van der Waals surface area contributed by atoms with E-state index in [1.165, 1.54) is 18.9 Å². The number of anilines is 3. The molecule has 1 aliphatic rings. The lowest BCUT2D eigenvalue weighted by atomic mass is 10.1. The number of piperazine rings is 1. The molecule has 45 heavy (non-hydrogen) atoms. The average Bonchev–Trinajstić information content (AvgIpc) is 3.45. The van der Waals surface area contributed by atoms with Crippen molar-refractivity contribution in [2.75, 3.05) is 57.7 Å². The lowest BCUT2D eigenvalue weighted by Crippen LogP contribution is -2.55. The van der Waals surface area contributed by atoms with Crippen molar-refractivity contribution >= 4 is 28.8 Å². The SMILES string of the molecule is COc1cc(N2CCN(C(OC(=O)C(F)(F)F)[C@H](C)O)CC2)ccc1Nc1ncc2ccc(-c3c(OC)cccc3OC)n2n1. The Morgan fingerprint density at radius 3 is 2.22 bits per heavy atom. The van der Waals surface area contributed by atoms with Gasteiger partial charge in [0, 0.05) is 37.9 Å². The van der Waals surface area contributed by atoms with Gasteiger partial charge in [0.15, 0.2) is 6.23 Å². The summed E-state index contributed by atoms with van der Waals surface area (Å²) in [6.07, 6.45) is -6.18. The minimum atomic E-state index is -5.15. The maximum atomic E-state index is 12.7. The summed E-state index contributed by atoms with van der Waals surface area (Å²) in [5.41, 5.74) is 3.67. The number of hydrogen-bond donors (Lipinski definition) is 2. The zero-order valence-corrected chi connectivity index (χ0v) is 25.0. The van der Waals surface area contributed by atoms with Gasteiger partial charge in [-0.15, -0.1) is 5.10 Å². The molecule has 2 N–H and O–H groups in total. The molecule has 12 nitrogen and oxygen atoms in total. The molecule has 5 rings (SSSR count). The maximum Gasteiger partial charge on any atom is 0.490 e. The highest BCUT2D eigenvalue weighted by molar-refractivity contribution is 5.78. The Hall–Kier alpha value is -4.76. The second-order valence-corrected chi connectivity index (χ2v) is 10.2. The van der Waals surface area contributed by atoms with E-state index < -0.39 is 24.5 Å². The van der Waals surface area contributed by atoms with Gasteiger partial charge < -0.3 is 34.3 Å². The standard InChI is InChI=1S/C30H33F3N6O6/c1-18(40)27(45-28(41)30(31,32)33)38-14-12-37(13-15-38)19-8-10-21(25(16-19)44-4)35-29-34-17-20-9-11-22(39(20)36-29)26-23(42-2)6-5-7-24(26)43-3/h5-11,16-18,27,40H,12-15H2,1-4H3,(H,35,36)/t18-,27?/m0/s1. The topological polar surface area (TPSA) is 123 Å². The van der Waals surface area contributed by atoms with Crippen molar-refractivity contribution in [1.82, 2.24) is 19.5 Å². The number of esters is 1. The van der Waals surface area contributed by atoms with Crippen LogP contribution in [0.5, 0.6) is 17.2 Å². The van der Waals surface area contributed by atoms with Gasteiger partial charge in [-0.05, 0) is 43.3 Å². The number of carbonyl (C=O) groups is 1. The zero-order valence-electron chi connectivity index (χ0n) is 25.0. The third-order valence-electron chi connectivity index (χ3n) is 7.43. The van der Waals surface area contributed by atoms with Crippen LogP contribution in [0.2, 0.25) is 0 Å². The van der Waals surface area contributed by atoms with Crippen LogP contribution in [0.3, 0.4) is 0 Å². The number of fused-ring (bicyclic) bond motifs is 1. The average molecular weight is 631 g/mol. The number of rotatable bonds is 10. The number of aromatic nitrogens is 3. The Bertz CT molecular complexity index is 1630. The number of aliphatic hydroxyl groups is 1. The quantitative estimate of drug-likeness (QED) is 0.246. The van der Waals surface area contributed by atoms with E-state index in [-0.39, 0.29) is 13.1 Å². The summed E-state index contributed by atoms with van der Waals surface area (Å²) in [5.74, 6) is -0.252. The van der Waals surface area contributed by atoms with Crippen molar-refractivity contribution in [3.8, 4) is 28.5 Å². The van der Waals surface area contributed by atoms with Crippen LogP contribution in [0.1, 0.15) is 6.92 Å². The van der Waals surface area contributed by atoms with Gasteiger partial charge in [-0.25, -0.2) is 14.3 Å². The van der Waals surface area contributed by atoms with Crippen LogP contribution in [-0.4, -0.2) is 96.6 Å². The minimum Gasteiger partial charge on any atom is -0.496 e. The molecule has 15 heteroatoms. The first-order valence-electron chi connectivity index (χ1n) is 14.0. The normalized spacial score (nSPS) is 15.4. The zero-order chi connectivity index (χ0) is 32.3. The highest BCUT2D eigenvalue weighted by Gasteiger charge is 2.44. The van der Waals surface area contributed by atoms with Crippen LogP contribution in [0.4, 0.5) is 30.5 Å². The number of hydrogen-bond acceptors (Lipinski definition) is 11. The van der Waals surface area contributed by atoms with Crippen LogP contribution in [0, 0.1) is 0 Å². The molecule has 0 aliphatic carbocycles. The first-order chi connectivity index (χ1) is 21.5. The Labute approximate surface area is 256 Å². The second kappa shape index (κ2) is 13.1. The maximum absolute atomic E-state index is 12.7. The van der Waals surface area contributed by atoms with E-state index in [1.807, 2.05) is 53.4 Å². The van der Waals surface area contributed by atoms with Crippen LogP contribution in [0.15, 0.2) is 54.7 Å². The van der Waals surface area contributed by atoms with E-state index in [4.69, 9.17) is 19.3 Å². The Morgan fingerprint density at radius 1 is 0.956 bits per heavy atom. The molecule has 4 aromatic rings. The summed E-state index contributed by atoms with van der Waals surface area (Å²) >= 11 is 0. The summed E-state index contributed by atoms with van der Waals surface area (Å²) < 4.78 is 61.4. The number of ether oxygens (including phenoxy) is 4. The van der Waals surface area contributed by atoms with Crippen LogP contribution >= 0.6 is 0 Å². The van der Waals surface area contributed by atoms with Crippen LogP contribution < -0.4 is 24.4 Å². The summed E-state index contributed by atoms with van der Waals surface area (Å²) in [6.45, 7) is 2.61. The van der Waals surface area contributed by atoms with Crippen LogP contribution in [0.25, 0.3) is 16.8 Å². The van der Waals surface area contributed by atoms with Gasteiger partial charge in [0.05, 0.1) is 50.0 Å². The second-order valence-electron chi connectivity index (χ2n) is 10.2.